The molecule has 0 aliphatic carbocycles. The Morgan fingerprint density at radius 1 is 1.60 bits per heavy atom. The minimum atomic E-state index is -0.837. The number of hydrogen-bond acceptors (Lipinski definition) is 4. The molecule has 0 amide bonds. The second kappa shape index (κ2) is 5.54. The lowest BCUT2D eigenvalue weighted by atomic mass is 9.87. The first kappa shape index (κ1) is 14.4. The molecule has 1 N–H and O–H groups in total. The Morgan fingerprint density at radius 3 is 2.80 bits per heavy atom. The topological polar surface area (TPSA) is 83.7 Å². The predicted octanol–water partition coefficient (Wildman–Crippen LogP) is 1.89. The summed E-state index contributed by atoms with van der Waals surface area (Å²) in [6, 6.07) is 4.09. The minimum absolute atomic E-state index is 0.0502. The van der Waals surface area contributed by atoms with Crippen LogP contribution >= 0.6 is 0 Å². The van der Waals surface area contributed by atoms with Crippen LogP contribution in [0.5, 0.6) is 0 Å². The molecule has 0 radical (unpaired) electrons. The van der Waals surface area contributed by atoms with Crippen LogP contribution in [0.2, 0.25) is 0 Å². The number of rotatable bonds is 5. The number of nitro groups is 1. The van der Waals surface area contributed by atoms with E-state index in [2.05, 4.69) is 0 Å². The molecule has 1 aromatic rings. The highest BCUT2D eigenvalue weighted by Gasteiger charge is 2.35. The molecule has 2 rings (SSSR count). The van der Waals surface area contributed by atoms with Crippen LogP contribution in [0.15, 0.2) is 18.2 Å². The fourth-order valence-electron chi connectivity index (χ4n) is 2.33. The number of nitrogens with zero attached hydrogens (tertiary/aromatic N) is 2. The van der Waals surface area contributed by atoms with Gasteiger partial charge in [0.2, 0.25) is 5.82 Å². The summed E-state index contributed by atoms with van der Waals surface area (Å²) < 4.78 is 13.9. The van der Waals surface area contributed by atoms with Crippen LogP contribution < -0.4 is 0 Å². The number of benzene rings is 1. The van der Waals surface area contributed by atoms with Crippen LogP contribution in [0.1, 0.15) is 12.5 Å². The van der Waals surface area contributed by atoms with E-state index in [4.69, 9.17) is 5.11 Å². The molecule has 1 atom stereocenters. The lowest BCUT2D eigenvalue weighted by Crippen LogP contribution is -2.50. The van der Waals surface area contributed by atoms with E-state index in [9.17, 15) is 19.3 Å². The summed E-state index contributed by atoms with van der Waals surface area (Å²) in [5.41, 5.74) is -0.265. The average Bonchev–Trinajstić information content (AvgIpc) is 2.33. The van der Waals surface area contributed by atoms with E-state index in [0.29, 0.717) is 13.1 Å². The molecule has 6 nitrogen and oxygen atoms in total. The highest BCUT2D eigenvalue weighted by Crippen LogP contribution is 2.28. The van der Waals surface area contributed by atoms with Gasteiger partial charge < -0.3 is 5.11 Å². The van der Waals surface area contributed by atoms with Gasteiger partial charge in [-0.05, 0) is 5.92 Å². The highest BCUT2D eigenvalue weighted by atomic mass is 19.1. The molecule has 0 saturated carbocycles. The zero-order valence-corrected chi connectivity index (χ0v) is 11.0. The smallest absolute Gasteiger partial charge is 0.306 e. The van der Waals surface area contributed by atoms with E-state index in [-0.39, 0.29) is 18.0 Å². The van der Waals surface area contributed by atoms with Crippen LogP contribution in [-0.2, 0) is 11.3 Å². The van der Waals surface area contributed by atoms with Gasteiger partial charge >= 0.3 is 11.7 Å². The van der Waals surface area contributed by atoms with Gasteiger partial charge in [-0.1, -0.05) is 19.1 Å². The fraction of sp³-hybridized carbons (Fsp3) is 0.462. The molecular formula is C13H15FN2O4. The van der Waals surface area contributed by atoms with Gasteiger partial charge in [0.25, 0.3) is 0 Å². The Bertz CT molecular complexity index is 543. The van der Waals surface area contributed by atoms with Crippen LogP contribution in [-0.4, -0.2) is 34.0 Å². The maximum absolute atomic E-state index is 13.9. The molecule has 108 valence electrons. The molecule has 1 fully saturated rings. The molecule has 0 aromatic heterocycles. The van der Waals surface area contributed by atoms with Crippen molar-refractivity contribution < 1.29 is 19.2 Å². The van der Waals surface area contributed by atoms with Crippen molar-refractivity contribution in [1.82, 2.24) is 4.90 Å². The van der Waals surface area contributed by atoms with Gasteiger partial charge in [0, 0.05) is 31.3 Å². The molecule has 1 saturated heterocycles. The van der Waals surface area contributed by atoms with E-state index in [0.717, 1.165) is 6.07 Å². The third kappa shape index (κ3) is 2.77. The van der Waals surface area contributed by atoms with E-state index < -0.39 is 28.3 Å². The van der Waals surface area contributed by atoms with Gasteiger partial charge in [-0.15, -0.1) is 0 Å². The largest absolute Gasteiger partial charge is 0.481 e. The second-order valence-electron chi connectivity index (χ2n) is 5.09. The van der Waals surface area contributed by atoms with Crippen LogP contribution in [0.3, 0.4) is 0 Å². The first-order valence-corrected chi connectivity index (χ1v) is 6.27. The molecule has 1 heterocycles. The van der Waals surface area contributed by atoms with Gasteiger partial charge in [0.15, 0.2) is 0 Å². The standard InChI is InChI=1S/C13H15FN2O4/c1-8(13(17)18)10-6-15(7-10)5-9-3-2-4-11(12(9)14)16(19)20/h2-4,8,10H,5-7H2,1H3,(H,17,18). The monoisotopic (exact) mass is 282 g/mol. The first-order chi connectivity index (χ1) is 9.40. The Labute approximate surface area is 115 Å². The quantitative estimate of drug-likeness (QED) is 0.658. The summed E-state index contributed by atoms with van der Waals surface area (Å²) in [5, 5.41) is 19.5. The molecule has 1 aromatic carbocycles. The first-order valence-electron chi connectivity index (χ1n) is 6.27. The molecule has 20 heavy (non-hydrogen) atoms. The van der Waals surface area contributed by atoms with Gasteiger partial charge in [-0.25, -0.2) is 0 Å². The zero-order chi connectivity index (χ0) is 14.9. The van der Waals surface area contributed by atoms with Gasteiger partial charge in [0.1, 0.15) is 0 Å². The molecule has 1 aliphatic heterocycles. The molecule has 7 heteroatoms. The Balaban J connectivity index is 1.98. The number of hydrogen-bond donors (Lipinski definition) is 1. The summed E-state index contributed by atoms with van der Waals surface area (Å²) in [6.45, 7) is 3.04. The number of likely N-dealkylation sites (tertiary alicyclic amines) is 1. The summed E-state index contributed by atoms with van der Waals surface area (Å²) in [6.07, 6.45) is 0. The molecule has 1 unspecified atom stereocenters. The number of halogens is 1. The zero-order valence-electron chi connectivity index (χ0n) is 11.0. The maximum Gasteiger partial charge on any atom is 0.306 e. The summed E-state index contributed by atoms with van der Waals surface area (Å²) in [5.74, 6) is -2.03. The third-order valence-electron chi connectivity index (χ3n) is 3.73. The summed E-state index contributed by atoms with van der Waals surface area (Å²) in [4.78, 5) is 22.6. The number of carboxylic acid groups (broad SMARTS) is 1. The Morgan fingerprint density at radius 2 is 2.25 bits per heavy atom. The second-order valence-corrected chi connectivity index (χ2v) is 5.09. The Kier molecular flexibility index (Phi) is 3.99. The van der Waals surface area contributed by atoms with Crippen LogP contribution in [0, 0.1) is 27.8 Å². The van der Waals surface area contributed by atoms with Crippen molar-refractivity contribution in [2.24, 2.45) is 11.8 Å². The van der Waals surface area contributed by atoms with Gasteiger partial charge in [-0.2, -0.15) is 4.39 Å². The summed E-state index contributed by atoms with van der Waals surface area (Å²) >= 11 is 0. The van der Waals surface area contributed by atoms with Crippen molar-refractivity contribution >= 4 is 11.7 Å². The number of carboxylic acids is 1. The van der Waals surface area contributed by atoms with Crippen LogP contribution in [0.25, 0.3) is 0 Å². The van der Waals surface area contributed by atoms with Crippen molar-refractivity contribution in [2.45, 2.75) is 13.5 Å². The average molecular weight is 282 g/mol. The normalized spacial score (nSPS) is 17.5. The summed E-state index contributed by atoms with van der Waals surface area (Å²) in [7, 11) is 0. The lowest BCUT2D eigenvalue weighted by Gasteiger charge is -2.41. The maximum atomic E-state index is 13.9. The van der Waals surface area contributed by atoms with Crippen molar-refractivity contribution in [3.8, 4) is 0 Å². The van der Waals surface area contributed by atoms with Crippen LogP contribution in [0.4, 0.5) is 10.1 Å². The van der Waals surface area contributed by atoms with Gasteiger partial charge in [-0.3, -0.25) is 19.8 Å². The van der Waals surface area contributed by atoms with Crippen molar-refractivity contribution in [3.05, 3.63) is 39.7 Å². The van der Waals surface area contributed by atoms with Crippen molar-refractivity contribution in [3.63, 3.8) is 0 Å². The van der Waals surface area contributed by atoms with Crippen molar-refractivity contribution in [1.29, 1.82) is 0 Å². The highest BCUT2D eigenvalue weighted by molar-refractivity contribution is 5.70. The number of carbonyl (C=O) groups is 1. The van der Waals surface area contributed by atoms with E-state index in [1.165, 1.54) is 12.1 Å². The number of aliphatic carboxylic acids is 1. The SMILES string of the molecule is CC(C(=O)O)C1CN(Cc2cccc([N+](=O)[O-])c2F)C1. The van der Waals surface area contributed by atoms with Gasteiger partial charge in [0.05, 0.1) is 10.8 Å². The third-order valence-corrected chi connectivity index (χ3v) is 3.73. The molecular weight excluding hydrogens is 267 g/mol. The molecule has 0 spiro atoms. The molecule has 0 bridgehead atoms. The Hall–Kier alpha value is -2.02. The van der Waals surface area contributed by atoms with E-state index in [1.54, 1.807) is 6.92 Å². The minimum Gasteiger partial charge on any atom is -0.481 e. The molecule has 1 aliphatic rings. The predicted molar refractivity (Wildman–Crippen MR) is 68.6 cm³/mol. The van der Waals surface area contributed by atoms with Crippen molar-refractivity contribution in [2.75, 3.05) is 13.1 Å². The lowest BCUT2D eigenvalue weighted by molar-refractivity contribution is -0.387. The van der Waals surface area contributed by atoms with E-state index in [1.807, 2.05) is 4.90 Å². The number of nitro benzene ring substituents is 1. The fourth-order valence-corrected chi connectivity index (χ4v) is 2.33. The van der Waals surface area contributed by atoms with E-state index >= 15 is 0 Å².